The van der Waals surface area contributed by atoms with Gasteiger partial charge in [0.2, 0.25) is 0 Å². The topological polar surface area (TPSA) is 60.3 Å². The fourth-order valence-corrected chi connectivity index (χ4v) is 3.59. The quantitative estimate of drug-likeness (QED) is 0.849. The summed E-state index contributed by atoms with van der Waals surface area (Å²) in [5.41, 5.74) is 0.719. The van der Waals surface area contributed by atoms with Crippen LogP contribution in [0.15, 0.2) is 35.1 Å². The van der Waals surface area contributed by atoms with Gasteiger partial charge in [-0.15, -0.1) is 0 Å². The summed E-state index contributed by atoms with van der Waals surface area (Å²) in [5.74, 6) is 0.358. The second-order valence-electron chi connectivity index (χ2n) is 6.65. The van der Waals surface area contributed by atoms with Crippen LogP contribution in [0, 0.1) is 0 Å². The van der Waals surface area contributed by atoms with Gasteiger partial charge in [0.1, 0.15) is 5.75 Å². The lowest BCUT2D eigenvalue weighted by Crippen LogP contribution is -2.37. The highest BCUT2D eigenvalue weighted by Crippen LogP contribution is 2.23. The van der Waals surface area contributed by atoms with Crippen LogP contribution >= 0.6 is 0 Å². The molecule has 1 saturated carbocycles. The van der Waals surface area contributed by atoms with Gasteiger partial charge >= 0.3 is 0 Å². The van der Waals surface area contributed by atoms with Crippen molar-refractivity contribution < 1.29 is 9.53 Å². The van der Waals surface area contributed by atoms with E-state index < -0.39 is 0 Å². The Kier molecular flexibility index (Phi) is 5.74. The maximum Gasteiger partial charge on any atom is 0.258 e. The van der Waals surface area contributed by atoms with E-state index in [2.05, 4.69) is 5.32 Å². The number of aryl methyl sites for hydroxylation is 1. The lowest BCUT2D eigenvalue weighted by molar-refractivity contribution is -0.123. The van der Waals surface area contributed by atoms with Gasteiger partial charge in [0.05, 0.1) is 5.52 Å². The zero-order valence-electron chi connectivity index (χ0n) is 14.8. The lowest BCUT2D eigenvalue weighted by Gasteiger charge is -2.17. The Hall–Kier alpha value is -2.30. The smallest absolute Gasteiger partial charge is 0.258 e. The Labute approximate surface area is 148 Å². The number of benzene rings is 1. The summed E-state index contributed by atoms with van der Waals surface area (Å²) in [6, 6.07) is 9.36. The molecule has 0 saturated heterocycles. The average Bonchev–Trinajstić information content (AvgIpc) is 2.88. The van der Waals surface area contributed by atoms with Gasteiger partial charge in [-0.25, -0.2) is 0 Å². The molecule has 25 heavy (non-hydrogen) atoms. The minimum absolute atomic E-state index is 0.0595. The minimum Gasteiger partial charge on any atom is -0.483 e. The zero-order chi connectivity index (χ0) is 17.6. The minimum atomic E-state index is -0.115. The summed E-state index contributed by atoms with van der Waals surface area (Å²) in [6.45, 7) is 2.48. The molecule has 0 radical (unpaired) electrons. The highest BCUT2D eigenvalue weighted by Gasteiger charge is 2.16. The first-order valence-corrected chi connectivity index (χ1v) is 9.24. The number of para-hydroxylation sites is 1. The van der Waals surface area contributed by atoms with Crippen molar-refractivity contribution in [1.29, 1.82) is 0 Å². The molecule has 3 rings (SSSR count). The molecular formula is C20H26N2O3. The second kappa shape index (κ2) is 8.19. The summed E-state index contributed by atoms with van der Waals surface area (Å²) < 4.78 is 7.41. The molecule has 0 unspecified atom stereocenters. The Bertz CT molecular complexity index is 789. The number of hydrogen-bond acceptors (Lipinski definition) is 3. The highest BCUT2D eigenvalue weighted by atomic mass is 16.5. The van der Waals surface area contributed by atoms with Crippen LogP contribution < -0.4 is 15.6 Å². The molecule has 0 aliphatic heterocycles. The number of rotatable bonds is 5. The van der Waals surface area contributed by atoms with Crippen molar-refractivity contribution in [2.24, 2.45) is 0 Å². The van der Waals surface area contributed by atoms with Gasteiger partial charge in [0.15, 0.2) is 6.61 Å². The molecular weight excluding hydrogens is 316 g/mol. The van der Waals surface area contributed by atoms with Crippen molar-refractivity contribution in [2.75, 3.05) is 6.61 Å². The van der Waals surface area contributed by atoms with E-state index in [-0.39, 0.29) is 24.1 Å². The first-order valence-electron chi connectivity index (χ1n) is 9.24. The van der Waals surface area contributed by atoms with Crippen molar-refractivity contribution in [3.63, 3.8) is 0 Å². The van der Waals surface area contributed by atoms with E-state index in [0.717, 1.165) is 23.7 Å². The number of nitrogens with one attached hydrogen (secondary N) is 1. The Morgan fingerprint density at radius 1 is 1.20 bits per heavy atom. The molecule has 1 N–H and O–H groups in total. The van der Waals surface area contributed by atoms with Crippen LogP contribution in [0.25, 0.3) is 10.9 Å². The van der Waals surface area contributed by atoms with Gasteiger partial charge in [0.25, 0.3) is 11.5 Å². The summed E-state index contributed by atoms with van der Waals surface area (Å²) in [6.07, 6.45) is 6.94. The van der Waals surface area contributed by atoms with E-state index in [1.165, 1.54) is 31.7 Å². The highest BCUT2D eigenvalue weighted by molar-refractivity contribution is 5.86. The molecule has 0 bridgehead atoms. The third-order valence-corrected chi connectivity index (χ3v) is 4.88. The number of carbonyl (C=O) groups is 1. The predicted octanol–water partition coefficient (Wildman–Crippen LogP) is 3.24. The molecule has 2 aromatic rings. The van der Waals surface area contributed by atoms with Crippen molar-refractivity contribution in [2.45, 2.75) is 58.0 Å². The maximum atomic E-state index is 12.3. The van der Waals surface area contributed by atoms with E-state index in [1.54, 1.807) is 4.57 Å². The normalized spacial score (nSPS) is 15.7. The summed E-state index contributed by atoms with van der Waals surface area (Å²) in [5, 5.41) is 3.92. The largest absolute Gasteiger partial charge is 0.483 e. The molecule has 0 spiro atoms. The first kappa shape index (κ1) is 17.5. The molecule has 1 aromatic carbocycles. The first-order chi connectivity index (χ1) is 12.2. The Morgan fingerprint density at radius 3 is 2.64 bits per heavy atom. The van der Waals surface area contributed by atoms with Gasteiger partial charge in [-0.3, -0.25) is 9.59 Å². The monoisotopic (exact) mass is 342 g/mol. The fourth-order valence-electron chi connectivity index (χ4n) is 3.59. The van der Waals surface area contributed by atoms with E-state index >= 15 is 0 Å². The Morgan fingerprint density at radius 2 is 1.92 bits per heavy atom. The van der Waals surface area contributed by atoms with Gasteiger partial charge in [0, 0.05) is 24.0 Å². The molecule has 134 valence electrons. The molecule has 1 amide bonds. The molecule has 0 atom stereocenters. The number of nitrogens with zero attached hydrogens (tertiary/aromatic N) is 1. The van der Waals surface area contributed by atoms with Crippen LogP contribution in [0.4, 0.5) is 0 Å². The predicted molar refractivity (Wildman–Crippen MR) is 99.0 cm³/mol. The van der Waals surface area contributed by atoms with Crippen LogP contribution in [0.5, 0.6) is 5.75 Å². The molecule has 1 fully saturated rings. The SMILES string of the molecule is CCn1c(=O)cc(OCC(=O)NC2CCCCCC2)c2ccccc21. The van der Waals surface area contributed by atoms with E-state index in [1.807, 2.05) is 31.2 Å². The standard InChI is InChI=1S/C20H26N2O3/c1-2-22-17-12-8-7-11-16(17)18(13-20(22)24)25-14-19(23)21-15-9-5-3-4-6-10-15/h7-8,11-13,15H,2-6,9-10,14H2,1H3,(H,21,23). The fraction of sp³-hybridized carbons (Fsp3) is 0.500. The van der Waals surface area contributed by atoms with Crippen molar-refractivity contribution in [3.05, 3.63) is 40.7 Å². The number of pyridine rings is 1. The van der Waals surface area contributed by atoms with Crippen molar-refractivity contribution in [3.8, 4) is 5.75 Å². The van der Waals surface area contributed by atoms with Gasteiger partial charge < -0.3 is 14.6 Å². The lowest BCUT2D eigenvalue weighted by atomic mass is 10.1. The van der Waals surface area contributed by atoms with E-state index in [4.69, 9.17) is 4.74 Å². The number of aromatic nitrogens is 1. The maximum absolute atomic E-state index is 12.3. The summed E-state index contributed by atoms with van der Waals surface area (Å²) in [4.78, 5) is 24.5. The molecule has 1 aliphatic carbocycles. The van der Waals surface area contributed by atoms with Crippen LogP contribution in [-0.2, 0) is 11.3 Å². The molecule has 5 heteroatoms. The second-order valence-corrected chi connectivity index (χ2v) is 6.65. The van der Waals surface area contributed by atoms with Crippen LogP contribution in [0.3, 0.4) is 0 Å². The molecule has 1 aliphatic rings. The number of amides is 1. The van der Waals surface area contributed by atoms with Crippen LogP contribution in [0.1, 0.15) is 45.4 Å². The summed E-state index contributed by atoms with van der Waals surface area (Å²) >= 11 is 0. The zero-order valence-corrected chi connectivity index (χ0v) is 14.8. The Balaban J connectivity index is 1.70. The third kappa shape index (κ3) is 4.21. The number of ether oxygens (including phenoxy) is 1. The van der Waals surface area contributed by atoms with E-state index in [9.17, 15) is 9.59 Å². The molecule has 1 aromatic heterocycles. The van der Waals surface area contributed by atoms with Crippen molar-refractivity contribution in [1.82, 2.24) is 9.88 Å². The summed E-state index contributed by atoms with van der Waals surface area (Å²) in [7, 11) is 0. The van der Waals surface area contributed by atoms with Gasteiger partial charge in [-0.05, 0) is 31.9 Å². The van der Waals surface area contributed by atoms with Crippen LogP contribution in [-0.4, -0.2) is 23.1 Å². The van der Waals surface area contributed by atoms with Crippen LogP contribution in [0.2, 0.25) is 0 Å². The molecule has 1 heterocycles. The number of fused-ring (bicyclic) bond motifs is 1. The van der Waals surface area contributed by atoms with E-state index in [0.29, 0.717) is 12.3 Å². The van der Waals surface area contributed by atoms with Crippen molar-refractivity contribution >= 4 is 16.8 Å². The average molecular weight is 342 g/mol. The molecule has 5 nitrogen and oxygen atoms in total. The van der Waals surface area contributed by atoms with Gasteiger partial charge in [-0.1, -0.05) is 37.8 Å². The number of hydrogen-bond donors (Lipinski definition) is 1. The van der Waals surface area contributed by atoms with Gasteiger partial charge in [-0.2, -0.15) is 0 Å². The number of carbonyl (C=O) groups excluding carboxylic acids is 1. The third-order valence-electron chi connectivity index (χ3n) is 4.88.